The minimum atomic E-state index is -1.79. The predicted octanol–water partition coefficient (Wildman–Crippen LogP) is 3.17. The van der Waals surface area contributed by atoms with Gasteiger partial charge in [0.1, 0.15) is 0 Å². The van der Waals surface area contributed by atoms with E-state index in [1.807, 2.05) is 44.2 Å². The minimum absolute atomic E-state index is 0.161. The molecule has 0 saturated heterocycles. The van der Waals surface area contributed by atoms with Gasteiger partial charge in [-0.2, -0.15) is 0 Å². The molecule has 0 aromatic heterocycles. The van der Waals surface area contributed by atoms with Crippen LogP contribution in [-0.2, 0) is 5.41 Å². The summed E-state index contributed by atoms with van der Waals surface area (Å²) in [7, 11) is 0. The van der Waals surface area contributed by atoms with E-state index in [4.69, 9.17) is 0 Å². The maximum atomic E-state index is 9.98. The Labute approximate surface area is 115 Å². The van der Waals surface area contributed by atoms with Crippen molar-refractivity contribution < 1.29 is 10.2 Å². The Bertz CT molecular complexity index is 519. The molecule has 0 saturated carbocycles. The van der Waals surface area contributed by atoms with Gasteiger partial charge in [0.15, 0.2) is 5.79 Å². The molecule has 0 atom stereocenters. The van der Waals surface area contributed by atoms with Crippen LogP contribution in [0, 0.1) is 5.41 Å². The Hall–Kier alpha value is -1.38. The number of aliphatic hydroxyl groups is 2. The van der Waals surface area contributed by atoms with Crippen molar-refractivity contribution in [3.8, 4) is 0 Å². The number of hydrogen-bond acceptors (Lipinski definition) is 2. The maximum Gasteiger partial charge on any atom is 0.191 e. The van der Waals surface area contributed by atoms with Crippen LogP contribution >= 0.6 is 0 Å². The molecule has 0 unspecified atom stereocenters. The van der Waals surface area contributed by atoms with Gasteiger partial charge in [-0.15, -0.1) is 0 Å². The quantitative estimate of drug-likeness (QED) is 0.800. The molecule has 19 heavy (non-hydrogen) atoms. The van der Waals surface area contributed by atoms with Crippen molar-refractivity contribution in [1.82, 2.24) is 0 Å². The molecule has 102 valence electrons. The molecule has 2 rings (SSSR count). The highest BCUT2D eigenvalue weighted by Crippen LogP contribution is 2.42. The zero-order chi connectivity index (χ0) is 14.3. The Morgan fingerprint density at radius 1 is 1.00 bits per heavy atom. The monoisotopic (exact) mass is 258 g/mol. The van der Waals surface area contributed by atoms with E-state index < -0.39 is 11.2 Å². The van der Waals surface area contributed by atoms with Crippen LogP contribution in [0.4, 0.5) is 0 Å². The fraction of sp³-hybridized carbons (Fsp3) is 0.412. The number of benzene rings is 1. The highest BCUT2D eigenvalue weighted by atomic mass is 16.5. The summed E-state index contributed by atoms with van der Waals surface area (Å²) in [6.07, 6.45) is 5.26. The first kappa shape index (κ1) is 14.0. The minimum Gasteiger partial charge on any atom is -0.362 e. The van der Waals surface area contributed by atoms with Crippen molar-refractivity contribution in [3.63, 3.8) is 0 Å². The Morgan fingerprint density at radius 3 is 2.11 bits per heavy atom. The van der Waals surface area contributed by atoms with Crippen molar-refractivity contribution >= 4 is 0 Å². The van der Waals surface area contributed by atoms with Crippen LogP contribution in [0.15, 0.2) is 54.1 Å². The predicted molar refractivity (Wildman–Crippen MR) is 77.6 cm³/mol. The first-order chi connectivity index (χ1) is 8.67. The second-order valence-corrected chi connectivity index (χ2v) is 6.37. The summed E-state index contributed by atoms with van der Waals surface area (Å²) in [6.45, 7) is 7.96. The molecule has 1 aromatic carbocycles. The van der Waals surface area contributed by atoms with Gasteiger partial charge in [-0.3, -0.25) is 0 Å². The lowest BCUT2D eigenvalue weighted by Crippen LogP contribution is -2.44. The molecule has 0 fully saturated rings. The molecular weight excluding hydrogens is 236 g/mol. The lowest BCUT2D eigenvalue weighted by Gasteiger charge is -2.40. The topological polar surface area (TPSA) is 40.5 Å². The number of allylic oxidation sites excluding steroid dienone is 2. The lowest BCUT2D eigenvalue weighted by atomic mass is 9.69. The van der Waals surface area contributed by atoms with Crippen molar-refractivity contribution in [2.45, 2.75) is 38.9 Å². The van der Waals surface area contributed by atoms with Gasteiger partial charge in [-0.05, 0) is 17.2 Å². The molecule has 0 amide bonds. The summed E-state index contributed by atoms with van der Waals surface area (Å²) in [5.74, 6) is -1.79. The molecule has 2 heteroatoms. The SMILES string of the molecule is CC(C)(C1=CC(C)(C)C(O)(O)C=C1)c1ccccc1. The van der Waals surface area contributed by atoms with Gasteiger partial charge in [0.25, 0.3) is 0 Å². The number of hydrogen-bond donors (Lipinski definition) is 2. The van der Waals surface area contributed by atoms with Crippen molar-refractivity contribution in [2.75, 3.05) is 0 Å². The highest BCUT2D eigenvalue weighted by molar-refractivity contribution is 5.44. The van der Waals surface area contributed by atoms with E-state index in [9.17, 15) is 10.2 Å². The molecule has 1 aliphatic carbocycles. The van der Waals surface area contributed by atoms with Crippen LogP contribution in [0.1, 0.15) is 33.3 Å². The Balaban J connectivity index is 2.44. The number of rotatable bonds is 2. The smallest absolute Gasteiger partial charge is 0.191 e. The van der Waals surface area contributed by atoms with Gasteiger partial charge in [0.2, 0.25) is 0 Å². The molecule has 1 aromatic rings. The van der Waals surface area contributed by atoms with Gasteiger partial charge in [-0.25, -0.2) is 0 Å². The standard InChI is InChI=1S/C17H22O2/c1-15(2)12-14(10-11-17(15,18)19)16(3,4)13-8-6-5-7-9-13/h5-12,18-19H,1-4H3. The lowest BCUT2D eigenvalue weighted by molar-refractivity contribution is -0.179. The summed E-state index contributed by atoms with van der Waals surface area (Å²) < 4.78 is 0. The maximum absolute atomic E-state index is 9.98. The van der Waals surface area contributed by atoms with Crippen LogP contribution < -0.4 is 0 Å². The van der Waals surface area contributed by atoms with Gasteiger partial charge < -0.3 is 10.2 Å². The molecule has 0 radical (unpaired) electrons. The Morgan fingerprint density at radius 2 is 1.58 bits per heavy atom. The van der Waals surface area contributed by atoms with E-state index in [-0.39, 0.29) is 5.41 Å². The van der Waals surface area contributed by atoms with E-state index in [1.54, 1.807) is 0 Å². The largest absolute Gasteiger partial charge is 0.362 e. The van der Waals surface area contributed by atoms with Crippen LogP contribution in [0.2, 0.25) is 0 Å². The zero-order valence-corrected chi connectivity index (χ0v) is 12.0. The Kier molecular flexibility index (Phi) is 3.20. The molecule has 0 aliphatic heterocycles. The third-order valence-electron chi connectivity index (χ3n) is 4.18. The third kappa shape index (κ3) is 2.38. The van der Waals surface area contributed by atoms with Crippen LogP contribution in [-0.4, -0.2) is 16.0 Å². The molecule has 2 nitrogen and oxygen atoms in total. The first-order valence-electron chi connectivity index (χ1n) is 6.60. The second-order valence-electron chi connectivity index (χ2n) is 6.37. The van der Waals surface area contributed by atoms with Gasteiger partial charge >= 0.3 is 0 Å². The second kappa shape index (κ2) is 4.32. The average Bonchev–Trinajstić information content (AvgIpc) is 2.34. The molecular formula is C17H22O2. The molecule has 0 bridgehead atoms. The van der Waals surface area contributed by atoms with E-state index in [2.05, 4.69) is 26.0 Å². The molecule has 2 N–H and O–H groups in total. The first-order valence-corrected chi connectivity index (χ1v) is 6.60. The van der Waals surface area contributed by atoms with E-state index >= 15 is 0 Å². The molecule has 1 aliphatic rings. The van der Waals surface area contributed by atoms with Gasteiger partial charge in [0.05, 0.1) is 0 Å². The van der Waals surface area contributed by atoms with Crippen LogP contribution in [0.5, 0.6) is 0 Å². The third-order valence-corrected chi connectivity index (χ3v) is 4.18. The summed E-state index contributed by atoms with van der Waals surface area (Å²) in [5.41, 5.74) is 1.45. The average molecular weight is 258 g/mol. The fourth-order valence-corrected chi connectivity index (χ4v) is 2.37. The van der Waals surface area contributed by atoms with Crippen LogP contribution in [0.3, 0.4) is 0 Å². The summed E-state index contributed by atoms with van der Waals surface area (Å²) in [6, 6.07) is 10.2. The molecule has 0 spiro atoms. The van der Waals surface area contributed by atoms with E-state index in [0.29, 0.717) is 0 Å². The highest BCUT2D eigenvalue weighted by Gasteiger charge is 2.42. The summed E-state index contributed by atoms with van der Waals surface area (Å²) >= 11 is 0. The molecule has 0 heterocycles. The van der Waals surface area contributed by atoms with E-state index in [1.165, 1.54) is 11.6 Å². The van der Waals surface area contributed by atoms with E-state index in [0.717, 1.165) is 5.57 Å². The van der Waals surface area contributed by atoms with Crippen molar-refractivity contribution in [3.05, 3.63) is 59.7 Å². The van der Waals surface area contributed by atoms with Gasteiger partial charge in [0, 0.05) is 10.8 Å². The zero-order valence-electron chi connectivity index (χ0n) is 12.0. The summed E-state index contributed by atoms with van der Waals surface area (Å²) in [5, 5.41) is 20.0. The van der Waals surface area contributed by atoms with Crippen LogP contribution in [0.25, 0.3) is 0 Å². The summed E-state index contributed by atoms with van der Waals surface area (Å²) in [4.78, 5) is 0. The van der Waals surface area contributed by atoms with Gasteiger partial charge in [-0.1, -0.05) is 70.2 Å². The fourth-order valence-electron chi connectivity index (χ4n) is 2.37. The van der Waals surface area contributed by atoms with Crippen molar-refractivity contribution in [1.29, 1.82) is 0 Å². The van der Waals surface area contributed by atoms with Crippen molar-refractivity contribution in [2.24, 2.45) is 5.41 Å². The normalized spacial score (nSPS) is 21.1.